The molecule has 1 aromatic heterocycles. The predicted octanol–water partition coefficient (Wildman–Crippen LogP) is 2.99. The lowest BCUT2D eigenvalue weighted by Gasteiger charge is -2.27. The van der Waals surface area contributed by atoms with E-state index in [1.165, 1.54) is 25.1 Å². The van der Waals surface area contributed by atoms with Crippen LogP contribution in [0.1, 0.15) is 44.8 Å². The molecule has 1 atom stereocenters. The summed E-state index contributed by atoms with van der Waals surface area (Å²) in [6, 6.07) is 4.04. The minimum atomic E-state index is -0.284. The molecule has 1 unspecified atom stereocenters. The quantitative estimate of drug-likeness (QED) is 0.785. The third-order valence-electron chi connectivity index (χ3n) is 3.79. The average molecular weight is 267 g/mol. The molecule has 1 N–H and O–H groups in total. The maximum Gasteiger partial charge on any atom is 0.141 e. The number of aromatic nitrogens is 1. The van der Waals surface area contributed by atoms with E-state index in [2.05, 4.69) is 36.1 Å². The molecule has 0 aromatic carbocycles. The van der Waals surface area contributed by atoms with E-state index < -0.39 is 0 Å². The van der Waals surface area contributed by atoms with Crippen molar-refractivity contribution in [3.8, 4) is 0 Å². The molecule has 4 heteroatoms. The molecular weight excluding hydrogens is 241 g/mol. The van der Waals surface area contributed by atoms with E-state index in [0.29, 0.717) is 6.04 Å². The zero-order chi connectivity index (χ0) is 14.3. The first-order chi connectivity index (χ1) is 9.12. The summed E-state index contributed by atoms with van der Waals surface area (Å²) >= 11 is 0. The Morgan fingerprint density at radius 1 is 1.32 bits per heavy atom. The summed E-state index contributed by atoms with van der Waals surface area (Å²) in [6.45, 7) is 5.46. The lowest BCUT2D eigenvalue weighted by molar-refractivity contribution is 0.218. The molecular formula is C15H26FN3. The fourth-order valence-electron chi connectivity index (χ4n) is 2.46. The van der Waals surface area contributed by atoms with Crippen LogP contribution in [0.3, 0.4) is 0 Å². The molecule has 3 nitrogen and oxygen atoms in total. The molecule has 108 valence electrons. The second-order valence-corrected chi connectivity index (χ2v) is 4.98. The van der Waals surface area contributed by atoms with Gasteiger partial charge in [0.25, 0.3) is 0 Å². The van der Waals surface area contributed by atoms with Gasteiger partial charge in [-0.05, 0) is 52.0 Å². The minimum absolute atomic E-state index is 0.178. The van der Waals surface area contributed by atoms with Crippen LogP contribution in [0.4, 0.5) is 4.39 Å². The first-order valence-electron chi connectivity index (χ1n) is 7.11. The molecule has 0 aliphatic carbocycles. The Labute approximate surface area is 116 Å². The second kappa shape index (κ2) is 8.23. The van der Waals surface area contributed by atoms with Gasteiger partial charge in [0.1, 0.15) is 5.82 Å². The summed E-state index contributed by atoms with van der Waals surface area (Å²) in [7, 11) is 4.09. The number of hydrogen-bond donors (Lipinski definition) is 1. The van der Waals surface area contributed by atoms with E-state index in [1.54, 1.807) is 6.07 Å². The van der Waals surface area contributed by atoms with E-state index in [-0.39, 0.29) is 11.9 Å². The van der Waals surface area contributed by atoms with Crippen LogP contribution in [-0.2, 0) is 0 Å². The van der Waals surface area contributed by atoms with Crippen molar-refractivity contribution >= 4 is 0 Å². The van der Waals surface area contributed by atoms with Crippen molar-refractivity contribution in [2.24, 2.45) is 0 Å². The van der Waals surface area contributed by atoms with Gasteiger partial charge in [-0.25, -0.2) is 4.39 Å². The summed E-state index contributed by atoms with van der Waals surface area (Å²) in [5, 5.41) is 3.26. The third-order valence-corrected chi connectivity index (χ3v) is 3.79. The van der Waals surface area contributed by atoms with Crippen molar-refractivity contribution in [2.75, 3.05) is 20.6 Å². The van der Waals surface area contributed by atoms with Gasteiger partial charge in [0.05, 0.1) is 17.9 Å². The Bertz CT molecular complexity index is 349. The van der Waals surface area contributed by atoms with Gasteiger partial charge in [-0.15, -0.1) is 0 Å². The van der Waals surface area contributed by atoms with Crippen molar-refractivity contribution in [3.63, 3.8) is 0 Å². The van der Waals surface area contributed by atoms with E-state index >= 15 is 0 Å². The van der Waals surface area contributed by atoms with Gasteiger partial charge in [0.15, 0.2) is 0 Å². The Morgan fingerprint density at radius 2 is 2.00 bits per heavy atom. The molecule has 0 saturated heterocycles. The zero-order valence-electron chi connectivity index (χ0n) is 12.5. The minimum Gasteiger partial charge on any atom is -0.312 e. The standard InChI is InChI=1S/C15H26FN3/c1-5-13(6-2)19(4)10-9-14(17-3)15-8-7-12(16)11-18-15/h7-8,11,13-14,17H,5-6,9-10H2,1-4H3. The summed E-state index contributed by atoms with van der Waals surface area (Å²) in [6.07, 6.45) is 4.60. The maximum atomic E-state index is 12.9. The zero-order valence-corrected chi connectivity index (χ0v) is 12.5. The van der Waals surface area contributed by atoms with Crippen LogP contribution in [0, 0.1) is 5.82 Å². The molecule has 1 rings (SSSR count). The number of hydrogen-bond acceptors (Lipinski definition) is 3. The number of halogens is 1. The summed E-state index contributed by atoms with van der Waals surface area (Å²) in [4.78, 5) is 6.55. The molecule has 0 fully saturated rings. The number of nitrogens with one attached hydrogen (secondary N) is 1. The maximum absolute atomic E-state index is 12.9. The van der Waals surface area contributed by atoms with Crippen LogP contribution < -0.4 is 5.32 Å². The van der Waals surface area contributed by atoms with Gasteiger partial charge >= 0.3 is 0 Å². The number of rotatable bonds is 8. The normalized spacial score (nSPS) is 13.2. The summed E-state index contributed by atoms with van der Waals surface area (Å²) in [5.74, 6) is -0.284. The molecule has 1 heterocycles. The van der Waals surface area contributed by atoms with Gasteiger partial charge in [-0.1, -0.05) is 13.8 Å². The lowest BCUT2D eigenvalue weighted by Crippen LogP contribution is -2.33. The van der Waals surface area contributed by atoms with Crippen molar-refractivity contribution in [1.29, 1.82) is 0 Å². The SMILES string of the molecule is CCC(CC)N(C)CCC(NC)c1ccc(F)cn1. The van der Waals surface area contributed by atoms with Gasteiger partial charge in [0.2, 0.25) is 0 Å². The predicted molar refractivity (Wildman–Crippen MR) is 77.6 cm³/mol. The van der Waals surface area contributed by atoms with Crippen LogP contribution >= 0.6 is 0 Å². The third kappa shape index (κ3) is 4.88. The highest BCUT2D eigenvalue weighted by molar-refractivity contribution is 5.09. The molecule has 0 aliphatic rings. The first-order valence-corrected chi connectivity index (χ1v) is 7.11. The van der Waals surface area contributed by atoms with E-state index in [9.17, 15) is 4.39 Å². The molecule has 0 aliphatic heterocycles. The highest BCUT2D eigenvalue weighted by Gasteiger charge is 2.15. The van der Waals surface area contributed by atoms with Gasteiger partial charge in [-0.3, -0.25) is 4.98 Å². The fourth-order valence-corrected chi connectivity index (χ4v) is 2.46. The van der Waals surface area contributed by atoms with Crippen molar-refractivity contribution in [3.05, 3.63) is 29.8 Å². The van der Waals surface area contributed by atoms with Crippen LogP contribution in [-0.4, -0.2) is 36.6 Å². The second-order valence-electron chi connectivity index (χ2n) is 4.98. The van der Waals surface area contributed by atoms with Crippen LogP contribution in [0.25, 0.3) is 0 Å². The van der Waals surface area contributed by atoms with Crippen molar-refractivity contribution < 1.29 is 4.39 Å². The monoisotopic (exact) mass is 267 g/mol. The Balaban J connectivity index is 2.55. The van der Waals surface area contributed by atoms with E-state index in [1.807, 2.05) is 7.05 Å². The van der Waals surface area contributed by atoms with Crippen molar-refractivity contribution in [1.82, 2.24) is 15.2 Å². The van der Waals surface area contributed by atoms with Gasteiger partial charge in [-0.2, -0.15) is 0 Å². The topological polar surface area (TPSA) is 28.2 Å². The Hall–Kier alpha value is -1.00. The molecule has 0 spiro atoms. The van der Waals surface area contributed by atoms with E-state index in [4.69, 9.17) is 0 Å². The molecule has 0 saturated carbocycles. The van der Waals surface area contributed by atoms with Crippen LogP contribution in [0.5, 0.6) is 0 Å². The van der Waals surface area contributed by atoms with E-state index in [0.717, 1.165) is 18.7 Å². The highest BCUT2D eigenvalue weighted by atomic mass is 19.1. The highest BCUT2D eigenvalue weighted by Crippen LogP contribution is 2.16. The lowest BCUT2D eigenvalue weighted by atomic mass is 10.1. The Kier molecular flexibility index (Phi) is 6.95. The number of pyridine rings is 1. The summed E-state index contributed by atoms with van der Waals surface area (Å²) < 4.78 is 12.9. The van der Waals surface area contributed by atoms with Crippen molar-refractivity contribution in [2.45, 2.75) is 45.2 Å². The molecule has 19 heavy (non-hydrogen) atoms. The molecule has 0 bridgehead atoms. The molecule has 0 radical (unpaired) electrons. The van der Waals surface area contributed by atoms with Gasteiger partial charge < -0.3 is 10.2 Å². The Morgan fingerprint density at radius 3 is 2.47 bits per heavy atom. The fraction of sp³-hybridized carbons (Fsp3) is 0.667. The average Bonchev–Trinajstić information content (AvgIpc) is 2.42. The first kappa shape index (κ1) is 16.1. The largest absolute Gasteiger partial charge is 0.312 e. The smallest absolute Gasteiger partial charge is 0.141 e. The summed E-state index contributed by atoms with van der Waals surface area (Å²) in [5.41, 5.74) is 0.904. The van der Waals surface area contributed by atoms with Gasteiger partial charge in [0, 0.05) is 6.04 Å². The number of nitrogens with zero attached hydrogens (tertiary/aromatic N) is 2. The van der Waals surface area contributed by atoms with Crippen LogP contribution in [0.2, 0.25) is 0 Å². The van der Waals surface area contributed by atoms with Crippen LogP contribution in [0.15, 0.2) is 18.3 Å². The molecule has 0 amide bonds. The molecule has 1 aromatic rings.